The first-order valence-electron chi connectivity index (χ1n) is 12.5. The molecule has 3 aromatic carbocycles. The fourth-order valence-electron chi connectivity index (χ4n) is 5.11. The van der Waals surface area contributed by atoms with Crippen LogP contribution in [0.1, 0.15) is 34.3 Å². The second kappa shape index (κ2) is 12.5. The van der Waals surface area contributed by atoms with Crippen LogP contribution >= 0.6 is 0 Å². The summed E-state index contributed by atoms with van der Waals surface area (Å²) in [5, 5.41) is 29.5. The van der Waals surface area contributed by atoms with Gasteiger partial charge in [-0.05, 0) is 48.1 Å². The first-order chi connectivity index (χ1) is 18.0. The molecule has 1 aliphatic rings. The van der Waals surface area contributed by atoms with Crippen LogP contribution in [0.3, 0.4) is 0 Å². The number of carboxylic acid groups (broad SMARTS) is 1. The van der Waals surface area contributed by atoms with E-state index in [1.807, 2.05) is 60.7 Å². The Morgan fingerprint density at radius 1 is 0.811 bits per heavy atom. The molecule has 37 heavy (non-hydrogen) atoms. The van der Waals surface area contributed by atoms with Gasteiger partial charge >= 0.3 is 5.97 Å². The lowest BCUT2D eigenvalue weighted by Gasteiger charge is -2.27. The summed E-state index contributed by atoms with van der Waals surface area (Å²) in [7, 11) is 0. The first-order valence-corrected chi connectivity index (χ1v) is 12.5. The van der Waals surface area contributed by atoms with Gasteiger partial charge in [0.1, 0.15) is 24.7 Å². The molecule has 0 aliphatic heterocycles. The molecule has 3 aromatic rings. The maximum absolute atomic E-state index is 14.0. The summed E-state index contributed by atoms with van der Waals surface area (Å²) >= 11 is 0. The maximum Gasteiger partial charge on any atom is 0.307 e. The van der Waals surface area contributed by atoms with E-state index in [0.29, 0.717) is 30.9 Å². The van der Waals surface area contributed by atoms with Gasteiger partial charge in [-0.25, -0.2) is 0 Å². The van der Waals surface area contributed by atoms with Gasteiger partial charge in [-0.3, -0.25) is 9.59 Å². The summed E-state index contributed by atoms with van der Waals surface area (Å²) in [6.07, 6.45) is 0.737. The van der Waals surface area contributed by atoms with Crippen molar-refractivity contribution < 1.29 is 34.4 Å². The third kappa shape index (κ3) is 6.37. The Morgan fingerprint density at radius 3 is 1.97 bits per heavy atom. The molecule has 0 bridgehead atoms. The second-order valence-electron chi connectivity index (χ2n) is 9.41. The van der Waals surface area contributed by atoms with Crippen LogP contribution in [0.25, 0.3) is 0 Å². The summed E-state index contributed by atoms with van der Waals surface area (Å²) in [4.78, 5) is 26.1. The predicted molar refractivity (Wildman–Crippen MR) is 137 cm³/mol. The highest BCUT2D eigenvalue weighted by atomic mass is 16.5. The molecule has 0 aromatic heterocycles. The Bertz CT molecular complexity index is 1180. The summed E-state index contributed by atoms with van der Waals surface area (Å²) in [5.74, 6) is -3.49. The van der Waals surface area contributed by atoms with Crippen LogP contribution in [0, 0.1) is 23.7 Å². The summed E-state index contributed by atoms with van der Waals surface area (Å²) in [5.41, 5.74) is 2.13. The topological polar surface area (TPSA) is 113 Å². The number of rotatable bonds is 12. The summed E-state index contributed by atoms with van der Waals surface area (Å²) in [6, 6.07) is 24.2. The van der Waals surface area contributed by atoms with E-state index in [2.05, 4.69) is 0 Å². The van der Waals surface area contributed by atoms with Gasteiger partial charge < -0.3 is 24.8 Å². The van der Waals surface area contributed by atoms with E-state index >= 15 is 0 Å². The van der Waals surface area contributed by atoms with E-state index in [1.54, 1.807) is 18.2 Å². The largest absolute Gasteiger partial charge is 0.489 e. The average molecular weight is 505 g/mol. The molecule has 0 heterocycles. The van der Waals surface area contributed by atoms with E-state index in [1.165, 1.54) is 0 Å². The Balaban J connectivity index is 1.66. The standard InChI is InChI=1S/C30H32O7/c31-16-22(17-32)24-12-13-25(30(34)35)28(24)29(33)26-15-23(36-18-20-7-3-1-4-8-20)11-14-27(26)37-19-21-9-5-2-6-10-21/h1-11,14-15,22,24-25,28,31-32H,12-13,16-19H2,(H,34,35)/t24-,25-,28-/m0/s1. The Labute approximate surface area is 216 Å². The molecule has 3 atom stereocenters. The molecule has 7 heteroatoms. The zero-order valence-electron chi connectivity index (χ0n) is 20.5. The van der Waals surface area contributed by atoms with Crippen molar-refractivity contribution in [3.63, 3.8) is 0 Å². The van der Waals surface area contributed by atoms with Crippen LogP contribution < -0.4 is 9.47 Å². The number of benzene rings is 3. The van der Waals surface area contributed by atoms with Crippen molar-refractivity contribution in [3.05, 3.63) is 95.6 Å². The normalized spacial score (nSPS) is 19.1. The zero-order chi connectivity index (χ0) is 26.2. The molecule has 0 radical (unpaired) electrons. The van der Waals surface area contributed by atoms with Gasteiger partial charge in [-0.2, -0.15) is 0 Å². The van der Waals surface area contributed by atoms with Crippen LogP contribution in [-0.2, 0) is 18.0 Å². The highest BCUT2D eigenvalue weighted by Crippen LogP contribution is 2.44. The minimum Gasteiger partial charge on any atom is -0.489 e. The number of ether oxygens (including phenoxy) is 2. The monoisotopic (exact) mass is 504 g/mol. The maximum atomic E-state index is 14.0. The number of carboxylic acids is 1. The SMILES string of the molecule is O=C(c1cc(OCc2ccccc2)ccc1OCc1ccccc1)[C@@H]1[C@@H](C(=O)O)CC[C@H]1C(CO)CO. The van der Waals surface area contributed by atoms with Gasteiger partial charge in [-0.15, -0.1) is 0 Å². The molecule has 1 saturated carbocycles. The van der Waals surface area contributed by atoms with Gasteiger partial charge in [0.15, 0.2) is 5.78 Å². The second-order valence-corrected chi connectivity index (χ2v) is 9.41. The lowest BCUT2D eigenvalue weighted by Crippen LogP contribution is -2.35. The number of hydrogen-bond donors (Lipinski definition) is 3. The number of carbonyl (C=O) groups is 2. The number of carbonyl (C=O) groups excluding carboxylic acids is 1. The number of aliphatic hydroxyl groups excluding tert-OH is 2. The van der Waals surface area contributed by atoms with E-state index < -0.39 is 29.6 Å². The number of ketones is 1. The van der Waals surface area contributed by atoms with Crippen LogP contribution in [0.5, 0.6) is 11.5 Å². The Morgan fingerprint density at radius 2 is 1.41 bits per heavy atom. The summed E-state index contributed by atoms with van der Waals surface area (Å²) in [6.45, 7) is -0.110. The molecule has 0 unspecified atom stereocenters. The molecular formula is C30H32O7. The van der Waals surface area contributed by atoms with E-state index in [-0.39, 0.29) is 31.2 Å². The lowest BCUT2D eigenvalue weighted by atomic mass is 9.77. The van der Waals surface area contributed by atoms with Crippen molar-refractivity contribution in [2.45, 2.75) is 26.1 Å². The highest BCUT2D eigenvalue weighted by molar-refractivity contribution is 6.03. The Hall–Kier alpha value is -3.68. The number of aliphatic hydroxyl groups is 2. The van der Waals surface area contributed by atoms with Crippen LogP contribution in [0.4, 0.5) is 0 Å². The smallest absolute Gasteiger partial charge is 0.307 e. The molecule has 7 nitrogen and oxygen atoms in total. The van der Waals surface area contributed by atoms with Gasteiger partial charge in [0.2, 0.25) is 0 Å². The lowest BCUT2D eigenvalue weighted by molar-refractivity contribution is -0.142. The van der Waals surface area contributed by atoms with Crippen LogP contribution in [-0.4, -0.2) is 40.3 Å². The van der Waals surface area contributed by atoms with Crippen molar-refractivity contribution in [3.8, 4) is 11.5 Å². The van der Waals surface area contributed by atoms with Crippen molar-refractivity contribution in [2.75, 3.05) is 13.2 Å². The number of aliphatic carboxylic acids is 1. The molecule has 1 aliphatic carbocycles. The molecule has 3 N–H and O–H groups in total. The molecule has 1 fully saturated rings. The fraction of sp³-hybridized carbons (Fsp3) is 0.333. The molecule has 0 amide bonds. The van der Waals surface area contributed by atoms with Gasteiger partial charge in [0, 0.05) is 25.0 Å². The molecule has 4 rings (SSSR count). The van der Waals surface area contributed by atoms with E-state index in [4.69, 9.17) is 9.47 Å². The average Bonchev–Trinajstić information content (AvgIpc) is 3.38. The molecule has 0 saturated heterocycles. The van der Waals surface area contributed by atoms with E-state index in [9.17, 15) is 24.9 Å². The number of hydrogen-bond acceptors (Lipinski definition) is 6. The molecular weight excluding hydrogens is 472 g/mol. The first kappa shape index (κ1) is 26.4. The molecule has 194 valence electrons. The summed E-state index contributed by atoms with van der Waals surface area (Å²) < 4.78 is 12.0. The van der Waals surface area contributed by atoms with Crippen LogP contribution in [0.2, 0.25) is 0 Å². The predicted octanol–water partition coefficient (Wildman–Crippen LogP) is 4.36. The van der Waals surface area contributed by atoms with Crippen molar-refractivity contribution in [2.24, 2.45) is 23.7 Å². The number of Topliss-reactive ketones (excluding diaryl/α,β-unsaturated/α-hetero) is 1. The zero-order valence-corrected chi connectivity index (χ0v) is 20.5. The van der Waals surface area contributed by atoms with Gasteiger partial charge in [0.05, 0.1) is 11.5 Å². The molecule has 0 spiro atoms. The van der Waals surface area contributed by atoms with Crippen molar-refractivity contribution in [1.29, 1.82) is 0 Å². The van der Waals surface area contributed by atoms with Crippen molar-refractivity contribution in [1.82, 2.24) is 0 Å². The van der Waals surface area contributed by atoms with Gasteiger partial charge in [-0.1, -0.05) is 60.7 Å². The minimum absolute atomic E-state index is 0.234. The fourth-order valence-corrected chi connectivity index (χ4v) is 5.11. The van der Waals surface area contributed by atoms with Crippen LogP contribution in [0.15, 0.2) is 78.9 Å². The van der Waals surface area contributed by atoms with E-state index in [0.717, 1.165) is 11.1 Å². The highest BCUT2D eigenvalue weighted by Gasteiger charge is 2.48. The minimum atomic E-state index is -1.06. The van der Waals surface area contributed by atoms with Crippen molar-refractivity contribution >= 4 is 11.8 Å². The third-order valence-electron chi connectivity index (χ3n) is 7.10. The third-order valence-corrected chi connectivity index (χ3v) is 7.10. The quantitative estimate of drug-likeness (QED) is 0.314. The Kier molecular flexibility index (Phi) is 8.93. The van der Waals surface area contributed by atoms with Gasteiger partial charge in [0.25, 0.3) is 0 Å².